The molecule has 0 bridgehead atoms. The summed E-state index contributed by atoms with van der Waals surface area (Å²) in [6.45, 7) is -0.0255. The minimum atomic E-state index is -1.08. The zero-order valence-electron chi connectivity index (χ0n) is 3.59. The van der Waals surface area contributed by atoms with E-state index in [1.807, 2.05) is 0 Å². The minimum absolute atomic E-state index is 0. The van der Waals surface area contributed by atoms with Crippen molar-refractivity contribution in [2.24, 2.45) is 5.73 Å². The Labute approximate surface area is 52.8 Å². The van der Waals surface area contributed by atoms with Gasteiger partial charge in [-0.15, -0.1) is 0 Å². The maximum Gasteiger partial charge on any atom is 0.412 e. The van der Waals surface area contributed by atoms with E-state index in [1.165, 1.54) is 0 Å². The fourth-order valence-corrected chi connectivity index (χ4v) is 0.0474. The Morgan fingerprint density at radius 2 is 2.14 bits per heavy atom. The van der Waals surface area contributed by atoms with Crippen LogP contribution in [0.3, 0.4) is 0 Å². The molecule has 0 aliphatic rings. The van der Waals surface area contributed by atoms with Gasteiger partial charge in [-0.3, -0.25) is 4.79 Å². The van der Waals surface area contributed by atoms with Gasteiger partial charge in [0.1, 0.15) is 0 Å². The molecule has 0 rings (SSSR count). The first-order valence-electron chi connectivity index (χ1n) is 1.17. The molecule has 0 atom stereocenters. The number of hydrogen-bond donors (Lipinski definition) is 1. The zero-order chi connectivity index (χ0) is 4.99. The van der Waals surface area contributed by atoms with E-state index >= 15 is 0 Å². The predicted octanol–water partition coefficient (Wildman–Crippen LogP) is -0.764. The summed E-state index contributed by atoms with van der Waals surface area (Å²) in [7, 11) is 0. The molecule has 4 nitrogen and oxygen atoms in total. The van der Waals surface area contributed by atoms with E-state index in [2.05, 4.69) is 10.5 Å². The number of amides is 1. The van der Waals surface area contributed by atoms with Crippen molar-refractivity contribution in [1.29, 1.82) is 0 Å². The van der Waals surface area contributed by atoms with Gasteiger partial charge in [0.2, 0.25) is 0 Å². The van der Waals surface area contributed by atoms with E-state index in [4.69, 9.17) is 4.79 Å². The molecule has 0 fully saturated rings. The number of primary amides is 1. The van der Waals surface area contributed by atoms with E-state index in [1.54, 1.807) is 0 Å². The van der Waals surface area contributed by atoms with E-state index in [-0.39, 0.29) is 26.0 Å². The van der Waals surface area contributed by atoms with Crippen LogP contribution in [-0.4, -0.2) is 12.6 Å². The molecule has 0 heterocycles. The smallest absolute Gasteiger partial charge is 0.379 e. The first-order chi connectivity index (χ1) is 2.77. The number of rotatable bonds is 1. The molecule has 0 unspecified atom stereocenters. The molecule has 7 heavy (non-hydrogen) atoms. The third-order valence-corrected chi connectivity index (χ3v) is 0.164. The van der Waals surface area contributed by atoms with Gasteiger partial charge in [0, 0.05) is 19.5 Å². The summed E-state index contributed by atoms with van der Waals surface area (Å²) in [4.78, 5) is 18.5. The SMILES string of the molecule is NC(=O)OC=O.[Zn]. The molecule has 0 spiro atoms. The van der Waals surface area contributed by atoms with Gasteiger partial charge in [0.15, 0.2) is 0 Å². The molecule has 2 N–H and O–H groups in total. The van der Waals surface area contributed by atoms with Crippen LogP contribution in [0.15, 0.2) is 0 Å². The van der Waals surface area contributed by atoms with Crippen molar-refractivity contribution in [2.45, 2.75) is 0 Å². The number of ether oxygens (including phenoxy) is 1. The average molecular weight is 154 g/mol. The fraction of sp³-hybridized carbons (Fsp3) is 0. The van der Waals surface area contributed by atoms with Gasteiger partial charge >= 0.3 is 12.6 Å². The quantitative estimate of drug-likeness (QED) is 0.306. The molecule has 0 aliphatic heterocycles. The molecule has 0 radical (unpaired) electrons. The molecule has 1 amide bonds. The average Bonchev–Trinajstić information content (AvgIpc) is 1.35. The van der Waals surface area contributed by atoms with Gasteiger partial charge < -0.3 is 10.5 Å². The van der Waals surface area contributed by atoms with Crippen LogP contribution in [0.4, 0.5) is 4.79 Å². The van der Waals surface area contributed by atoms with E-state index in [0.29, 0.717) is 0 Å². The summed E-state index contributed by atoms with van der Waals surface area (Å²) in [5.41, 5.74) is 4.31. The first kappa shape index (κ1) is 9.76. The molecule has 0 aromatic heterocycles. The molecular weight excluding hydrogens is 151 g/mol. The van der Waals surface area contributed by atoms with Crippen LogP contribution < -0.4 is 5.73 Å². The van der Waals surface area contributed by atoms with Crippen molar-refractivity contribution in [2.75, 3.05) is 0 Å². The summed E-state index contributed by atoms with van der Waals surface area (Å²) in [6, 6.07) is 0. The Kier molecular flexibility index (Phi) is 7.75. The Hall–Kier alpha value is -0.437. The third-order valence-electron chi connectivity index (χ3n) is 0.164. The first-order valence-corrected chi connectivity index (χ1v) is 1.17. The third kappa shape index (κ3) is 10.8. The Bertz CT molecular complexity index is 73.3. The van der Waals surface area contributed by atoms with Crippen LogP contribution in [0, 0.1) is 0 Å². The van der Waals surface area contributed by atoms with Gasteiger partial charge in [-0.2, -0.15) is 0 Å². The summed E-state index contributed by atoms with van der Waals surface area (Å²) in [5.74, 6) is 0. The molecule has 0 aromatic rings. The zero-order valence-corrected chi connectivity index (χ0v) is 6.55. The Balaban J connectivity index is 0. The fourth-order valence-electron chi connectivity index (χ4n) is 0.0474. The normalized spacial score (nSPS) is 5.71. The van der Waals surface area contributed by atoms with E-state index < -0.39 is 6.09 Å². The maximum atomic E-state index is 9.37. The Morgan fingerprint density at radius 1 is 1.71 bits per heavy atom. The van der Waals surface area contributed by atoms with Crippen molar-refractivity contribution >= 4 is 12.6 Å². The topological polar surface area (TPSA) is 69.4 Å². The molecule has 0 aromatic carbocycles. The van der Waals surface area contributed by atoms with Crippen LogP contribution in [-0.2, 0) is 29.0 Å². The second-order valence-electron chi connectivity index (χ2n) is 0.533. The maximum absolute atomic E-state index is 9.37. The molecule has 0 saturated carbocycles. The van der Waals surface area contributed by atoms with Crippen molar-refractivity contribution < 1.29 is 33.8 Å². The number of nitrogens with two attached hydrogens (primary N) is 1. The second-order valence-corrected chi connectivity index (χ2v) is 0.533. The number of carbonyl (C=O) groups excluding carboxylic acids is 2. The molecule has 0 saturated heterocycles. The molecular formula is C2H3NO3Zn. The van der Waals surface area contributed by atoms with Gasteiger partial charge in [-0.25, -0.2) is 4.79 Å². The van der Waals surface area contributed by atoms with E-state index in [0.717, 1.165) is 0 Å². The molecule has 36 valence electrons. The summed E-state index contributed by atoms with van der Waals surface area (Å²) in [6.07, 6.45) is -1.08. The van der Waals surface area contributed by atoms with Crippen LogP contribution >= 0.6 is 0 Å². The van der Waals surface area contributed by atoms with Gasteiger partial charge in [-0.05, 0) is 0 Å². The standard InChI is InChI=1S/C2H3NO3.Zn/c3-2(5)6-1-4;/h1H,(H2,3,5);. The van der Waals surface area contributed by atoms with Crippen LogP contribution in [0.5, 0.6) is 0 Å². The van der Waals surface area contributed by atoms with Crippen LogP contribution in [0.25, 0.3) is 0 Å². The van der Waals surface area contributed by atoms with Gasteiger partial charge in [-0.1, -0.05) is 0 Å². The van der Waals surface area contributed by atoms with Crippen LogP contribution in [0.2, 0.25) is 0 Å². The monoisotopic (exact) mass is 153 g/mol. The Morgan fingerprint density at radius 3 is 2.14 bits per heavy atom. The van der Waals surface area contributed by atoms with Crippen molar-refractivity contribution in [3.63, 3.8) is 0 Å². The predicted molar refractivity (Wildman–Crippen MR) is 16.7 cm³/mol. The van der Waals surface area contributed by atoms with Crippen molar-refractivity contribution in [3.8, 4) is 0 Å². The van der Waals surface area contributed by atoms with Crippen molar-refractivity contribution in [3.05, 3.63) is 0 Å². The van der Waals surface area contributed by atoms with Crippen molar-refractivity contribution in [1.82, 2.24) is 0 Å². The summed E-state index contributed by atoms with van der Waals surface area (Å²) in [5, 5.41) is 0. The van der Waals surface area contributed by atoms with Gasteiger partial charge in [0.05, 0.1) is 0 Å². The summed E-state index contributed by atoms with van der Waals surface area (Å²) >= 11 is 0. The molecule has 0 aliphatic carbocycles. The van der Waals surface area contributed by atoms with Gasteiger partial charge in [0.25, 0.3) is 0 Å². The largest absolute Gasteiger partial charge is 0.412 e. The van der Waals surface area contributed by atoms with Crippen LogP contribution in [0.1, 0.15) is 0 Å². The number of hydrogen-bond acceptors (Lipinski definition) is 3. The van der Waals surface area contributed by atoms with E-state index in [9.17, 15) is 4.79 Å². The summed E-state index contributed by atoms with van der Waals surface area (Å²) < 4.78 is 3.50. The second kappa shape index (κ2) is 5.56. The molecule has 5 heteroatoms. The minimum Gasteiger partial charge on any atom is -0.379 e. The number of carbonyl (C=O) groups is 2.